The second kappa shape index (κ2) is 7.81. The molecule has 1 aromatic rings. The summed E-state index contributed by atoms with van der Waals surface area (Å²) in [7, 11) is 0. The highest BCUT2D eigenvalue weighted by Gasteiger charge is 2.24. The van der Waals surface area contributed by atoms with Crippen molar-refractivity contribution in [1.29, 1.82) is 0 Å². The minimum Gasteiger partial charge on any atom is -0.367 e. The van der Waals surface area contributed by atoms with Gasteiger partial charge in [-0.25, -0.2) is 9.97 Å². The first-order chi connectivity index (χ1) is 11.6. The van der Waals surface area contributed by atoms with Crippen LogP contribution in [0.15, 0.2) is 12.4 Å². The highest BCUT2D eigenvalue weighted by Crippen LogP contribution is 2.27. The average Bonchev–Trinajstić information content (AvgIpc) is 3.37. The second-order valence-electron chi connectivity index (χ2n) is 7.40. The summed E-state index contributed by atoms with van der Waals surface area (Å²) in [6.07, 6.45) is 8.06. The minimum absolute atomic E-state index is 0.167. The van der Waals surface area contributed by atoms with Gasteiger partial charge in [-0.05, 0) is 51.9 Å². The molecule has 132 valence electrons. The summed E-state index contributed by atoms with van der Waals surface area (Å²) in [6, 6.07) is 2.88. The third kappa shape index (κ3) is 5.08. The van der Waals surface area contributed by atoms with Crippen LogP contribution in [0, 0.1) is 5.92 Å². The van der Waals surface area contributed by atoms with Crippen molar-refractivity contribution in [3.05, 3.63) is 12.4 Å². The Labute approximate surface area is 144 Å². The van der Waals surface area contributed by atoms with Crippen LogP contribution < -0.4 is 15.5 Å². The first kappa shape index (κ1) is 17.0. The quantitative estimate of drug-likeness (QED) is 0.803. The second-order valence-corrected chi connectivity index (χ2v) is 7.40. The van der Waals surface area contributed by atoms with E-state index in [0.717, 1.165) is 37.6 Å². The number of anilines is 2. The molecule has 1 aliphatic carbocycles. The first-order valence-corrected chi connectivity index (χ1v) is 9.23. The lowest BCUT2D eigenvalue weighted by Crippen LogP contribution is -2.37. The number of piperidine rings is 1. The molecule has 6 nitrogen and oxygen atoms in total. The number of amides is 1. The molecule has 0 unspecified atom stereocenters. The van der Waals surface area contributed by atoms with Gasteiger partial charge in [0.2, 0.25) is 5.91 Å². The Kier molecular flexibility index (Phi) is 5.53. The molecule has 6 heteroatoms. The fourth-order valence-electron chi connectivity index (χ4n) is 3.27. The molecule has 1 saturated heterocycles. The number of nitrogens with zero attached hydrogens (tertiary/aromatic N) is 3. The Morgan fingerprint density at radius 2 is 2.17 bits per heavy atom. The number of hydrogen-bond donors (Lipinski definition) is 2. The molecule has 2 heterocycles. The van der Waals surface area contributed by atoms with Crippen molar-refractivity contribution >= 4 is 17.5 Å². The molecule has 0 aromatic carbocycles. The largest absolute Gasteiger partial charge is 0.367 e. The standard InChI is InChI=1S/C18H29N5O/c1-13(2)21-18(24)8-5-14-4-3-9-23(11-14)17-10-16(19-12-20-17)22-15-6-7-15/h10,12-15H,3-9,11H2,1-2H3,(H,21,24)(H,19,20,22)/t14-/m1/s1. The van der Waals surface area contributed by atoms with Crippen LogP contribution in [-0.4, -0.2) is 41.0 Å². The van der Waals surface area contributed by atoms with Gasteiger partial charge in [0.25, 0.3) is 0 Å². The van der Waals surface area contributed by atoms with E-state index in [4.69, 9.17) is 0 Å². The Morgan fingerprint density at radius 3 is 2.92 bits per heavy atom. The van der Waals surface area contributed by atoms with Crippen LogP contribution in [0.2, 0.25) is 0 Å². The van der Waals surface area contributed by atoms with Crippen LogP contribution in [0.25, 0.3) is 0 Å². The summed E-state index contributed by atoms with van der Waals surface area (Å²) in [5.74, 6) is 2.66. The predicted molar refractivity (Wildman–Crippen MR) is 96.1 cm³/mol. The smallest absolute Gasteiger partial charge is 0.220 e. The molecule has 2 N–H and O–H groups in total. The van der Waals surface area contributed by atoms with E-state index in [-0.39, 0.29) is 11.9 Å². The van der Waals surface area contributed by atoms with E-state index < -0.39 is 0 Å². The predicted octanol–water partition coefficient (Wildman–Crippen LogP) is 2.57. The van der Waals surface area contributed by atoms with E-state index in [1.54, 1.807) is 6.33 Å². The number of aromatic nitrogens is 2. The molecule has 1 atom stereocenters. The molecule has 1 aromatic heterocycles. The van der Waals surface area contributed by atoms with Gasteiger partial charge in [-0.1, -0.05) is 0 Å². The summed E-state index contributed by atoms with van der Waals surface area (Å²) in [5, 5.41) is 6.41. The van der Waals surface area contributed by atoms with Gasteiger partial charge in [-0.15, -0.1) is 0 Å². The average molecular weight is 331 g/mol. The van der Waals surface area contributed by atoms with Crippen molar-refractivity contribution in [1.82, 2.24) is 15.3 Å². The van der Waals surface area contributed by atoms with Gasteiger partial charge in [0.05, 0.1) is 0 Å². The van der Waals surface area contributed by atoms with E-state index in [1.807, 2.05) is 13.8 Å². The maximum Gasteiger partial charge on any atom is 0.220 e. The van der Waals surface area contributed by atoms with Crippen molar-refractivity contribution in [2.45, 2.75) is 64.5 Å². The number of nitrogens with one attached hydrogen (secondary N) is 2. The summed E-state index contributed by atoms with van der Waals surface area (Å²) < 4.78 is 0. The zero-order valence-corrected chi connectivity index (χ0v) is 14.8. The lowest BCUT2D eigenvalue weighted by Gasteiger charge is -2.33. The molecule has 1 saturated carbocycles. The number of carbonyl (C=O) groups is 1. The maximum atomic E-state index is 11.8. The molecule has 2 fully saturated rings. The van der Waals surface area contributed by atoms with Gasteiger partial charge in [0.1, 0.15) is 18.0 Å². The van der Waals surface area contributed by atoms with Gasteiger partial charge in [-0.2, -0.15) is 0 Å². The van der Waals surface area contributed by atoms with Crippen LogP contribution in [0.1, 0.15) is 52.4 Å². The highest BCUT2D eigenvalue weighted by atomic mass is 16.1. The number of hydrogen-bond acceptors (Lipinski definition) is 5. The summed E-state index contributed by atoms with van der Waals surface area (Å²) in [6.45, 7) is 6.02. The van der Waals surface area contributed by atoms with E-state index >= 15 is 0 Å². The number of carbonyl (C=O) groups excluding carboxylic acids is 1. The van der Waals surface area contributed by atoms with Gasteiger partial charge in [0, 0.05) is 37.7 Å². The Balaban J connectivity index is 1.52. The first-order valence-electron chi connectivity index (χ1n) is 9.23. The fraction of sp³-hybridized carbons (Fsp3) is 0.722. The maximum absolute atomic E-state index is 11.8. The van der Waals surface area contributed by atoms with Crippen LogP contribution in [-0.2, 0) is 4.79 Å². The van der Waals surface area contributed by atoms with Crippen molar-refractivity contribution in [2.24, 2.45) is 5.92 Å². The monoisotopic (exact) mass is 331 g/mol. The van der Waals surface area contributed by atoms with Gasteiger partial charge >= 0.3 is 0 Å². The highest BCUT2D eigenvalue weighted by molar-refractivity contribution is 5.76. The molecule has 1 amide bonds. The molecule has 0 bridgehead atoms. The van der Waals surface area contributed by atoms with E-state index in [0.29, 0.717) is 18.4 Å². The van der Waals surface area contributed by atoms with Crippen LogP contribution >= 0.6 is 0 Å². The van der Waals surface area contributed by atoms with Gasteiger partial charge < -0.3 is 15.5 Å². The van der Waals surface area contributed by atoms with Crippen LogP contribution in [0.4, 0.5) is 11.6 Å². The normalized spacial score (nSPS) is 21.0. The minimum atomic E-state index is 0.167. The Bertz CT molecular complexity index is 558. The SMILES string of the molecule is CC(C)NC(=O)CC[C@H]1CCCN(c2cc(NC3CC3)ncn2)C1. The van der Waals surface area contributed by atoms with E-state index in [2.05, 4.69) is 31.6 Å². The lowest BCUT2D eigenvalue weighted by molar-refractivity contribution is -0.121. The number of rotatable bonds is 7. The van der Waals surface area contributed by atoms with Crippen molar-refractivity contribution in [2.75, 3.05) is 23.3 Å². The van der Waals surface area contributed by atoms with E-state index in [1.165, 1.54) is 19.3 Å². The molecular weight excluding hydrogens is 302 g/mol. The molecular formula is C18H29N5O. The van der Waals surface area contributed by atoms with Gasteiger partial charge in [0.15, 0.2) is 0 Å². The summed E-state index contributed by atoms with van der Waals surface area (Å²) in [4.78, 5) is 23.0. The van der Waals surface area contributed by atoms with Crippen molar-refractivity contribution in [3.63, 3.8) is 0 Å². The molecule has 0 spiro atoms. The lowest BCUT2D eigenvalue weighted by atomic mass is 9.93. The third-order valence-corrected chi connectivity index (χ3v) is 4.65. The zero-order valence-electron chi connectivity index (χ0n) is 14.8. The van der Waals surface area contributed by atoms with E-state index in [9.17, 15) is 4.79 Å². The fourth-order valence-corrected chi connectivity index (χ4v) is 3.27. The Hall–Kier alpha value is -1.85. The summed E-state index contributed by atoms with van der Waals surface area (Å²) in [5.41, 5.74) is 0. The molecule has 3 rings (SSSR count). The van der Waals surface area contributed by atoms with Crippen LogP contribution in [0.3, 0.4) is 0 Å². The molecule has 0 radical (unpaired) electrons. The topological polar surface area (TPSA) is 70.2 Å². The molecule has 2 aliphatic rings. The van der Waals surface area contributed by atoms with Gasteiger partial charge in [-0.3, -0.25) is 4.79 Å². The molecule has 1 aliphatic heterocycles. The Morgan fingerprint density at radius 1 is 1.33 bits per heavy atom. The van der Waals surface area contributed by atoms with Crippen molar-refractivity contribution < 1.29 is 4.79 Å². The third-order valence-electron chi connectivity index (χ3n) is 4.65. The van der Waals surface area contributed by atoms with Crippen LogP contribution in [0.5, 0.6) is 0 Å². The zero-order chi connectivity index (χ0) is 16.9. The van der Waals surface area contributed by atoms with Crippen molar-refractivity contribution in [3.8, 4) is 0 Å². The molecule has 24 heavy (non-hydrogen) atoms. The summed E-state index contributed by atoms with van der Waals surface area (Å²) >= 11 is 0.